The highest BCUT2D eigenvalue weighted by Gasteiger charge is 2.33. The van der Waals surface area contributed by atoms with Crippen molar-refractivity contribution in [1.29, 1.82) is 5.26 Å². The number of benzene rings is 4. The maximum Gasteiger partial charge on any atom is 0.269 e. The number of aromatic nitrogens is 2. The number of hydrogen-bond acceptors (Lipinski definition) is 6. The fraction of sp³-hybridized carbons (Fsp3) is 0.0833. The number of non-ortho nitro benzene ring substituents is 1. The topological polar surface area (TPSA) is 120 Å². The molecule has 0 spiro atoms. The summed E-state index contributed by atoms with van der Waals surface area (Å²) in [4.78, 5) is 35.0. The van der Waals surface area contributed by atoms with Crippen molar-refractivity contribution in [3.8, 4) is 6.07 Å². The van der Waals surface area contributed by atoms with Gasteiger partial charge in [0.25, 0.3) is 11.6 Å². The molecule has 0 atom stereocenters. The SMILES string of the molecule is N#Cc1ccccc1Cn1cc(/C=C2\SC(=Nc3ccc([N+](=O)[O-])cc3)N(CCc3c[nH]c4ccccc34)C2=O)c2ccccc21. The van der Waals surface area contributed by atoms with Crippen LogP contribution in [0.2, 0.25) is 0 Å². The summed E-state index contributed by atoms with van der Waals surface area (Å²) in [7, 11) is 0. The Morgan fingerprint density at radius 2 is 1.67 bits per heavy atom. The third kappa shape index (κ3) is 5.56. The van der Waals surface area contributed by atoms with E-state index in [-0.39, 0.29) is 11.6 Å². The number of amidine groups is 1. The number of amides is 1. The zero-order chi connectivity index (χ0) is 31.6. The molecular formula is C36H26N6O3S. The fourth-order valence-electron chi connectivity index (χ4n) is 5.73. The number of hydrogen-bond donors (Lipinski definition) is 1. The molecule has 1 saturated heterocycles. The lowest BCUT2D eigenvalue weighted by molar-refractivity contribution is -0.384. The van der Waals surface area contributed by atoms with E-state index in [9.17, 15) is 20.2 Å². The van der Waals surface area contributed by atoms with Crippen LogP contribution in [0.15, 0.2) is 119 Å². The minimum atomic E-state index is -0.450. The molecule has 9 nitrogen and oxygen atoms in total. The molecular weight excluding hydrogens is 597 g/mol. The third-order valence-electron chi connectivity index (χ3n) is 8.04. The number of nitro benzene ring substituents is 1. The number of nitriles is 1. The van der Waals surface area contributed by atoms with E-state index in [4.69, 9.17) is 4.99 Å². The van der Waals surface area contributed by atoms with E-state index in [0.717, 1.165) is 38.5 Å². The van der Waals surface area contributed by atoms with Gasteiger partial charge in [-0.15, -0.1) is 0 Å². The first-order chi connectivity index (χ1) is 22.5. The van der Waals surface area contributed by atoms with Gasteiger partial charge in [-0.2, -0.15) is 5.26 Å². The third-order valence-corrected chi connectivity index (χ3v) is 9.04. The van der Waals surface area contributed by atoms with Crippen LogP contribution in [0.25, 0.3) is 27.9 Å². The molecule has 0 radical (unpaired) electrons. The minimum Gasteiger partial charge on any atom is -0.361 e. The average molecular weight is 623 g/mol. The highest BCUT2D eigenvalue weighted by molar-refractivity contribution is 8.18. The highest BCUT2D eigenvalue weighted by Crippen LogP contribution is 2.36. The van der Waals surface area contributed by atoms with Crippen LogP contribution in [0.4, 0.5) is 11.4 Å². The number of nitro groups is 1. The number of carbonyl (C=O) groups is 1. The standard InChI is InChI=1S/C36H26N6O3S/c37-20-24-7-1-2-8-26(24)22-40-23-27(31-10-4-6-12-33(31)40)19-34-35(43)41(18-17-25-21-38-32-11-5-3-9-30(25)32)36(46-34)39-28-13-15-29(16-14-28)42(44)45/h1-16,19,21,23,38H,17-18,22H2/b34-19-,39-36?. The van der Waals surface area contributed by atoms with Crippen molar-refractivity contribution < 1.29 is 9.72 Å². The largest absolute Gasteiger partial charge is 0.361 e. The van der Waals surface area contributed by atoms with Gasteiger partial charge in [-0.1, -0.05) is 54.6 Å². The number of fused-ring (bicyclic) bond motifs is 2. The number of H-pyrrole nitrogens is 1. The van der Waals surface area contributed by atoms with E-state index in [1.165, 1.54) is 23.9 Å². The van der Waals surface area contributed by atoms with Crippen molar-refractivity contribution >= 4 is 62.1 Å². The van der Waals surface area contributed by atoms with Crippen LogP contribution in [0.5, 0.6) is 0 Å². The lowest BCUT2D eigenvalue weighted by Gasteiger charge is -2.15. The number of rotatable bonds is 8. The van der Waals surface area contributed by atoms with Gasteiger partial charge >= 0.3 is 0 Å². The van der Waals surface area contributed by atoms with E-state index in [1.807, 2.05) is 85.2 Å². The van der Waals surface area contributed by atoms with Crippen LogP contribution in [-0.4, -0.2) is 37.0 Å². The van der Waals surface area contributed by atoms with Gasteiger partial charge in [-0.05, 0) is 65.7 Å². The lowest BCUT2D eigenvalue weighted by Crippen LogP contribution is -2.31. The quantitative estimate of drug-likeness (QED) is 0.106. The van der Waals surface area contributed by atoms with Crippen molar-refractivity contribution in [3.63, 3.8) is 0 Å². The van der Waals surface area contributed by atoms with Gasteiger partial charge in [0.15, 0.2) is 5.17 Å². The summed E-state index contributed by atoms with van der Waals surface area (Å²) in [6.07, 6.45) is 6.50. The Morgan fingerprint density at radius 1 is 0.935 bits per heavy atom. The van der Waals surface area contributed by atoms with Crippen LogP contribution >= 0.6 is 11.8 Å². The van der Waals surface area contributed by atoms with Crippen molar-refractivity contribution in [2.75, 3.05) is 6.54 Å². The molecule has 10 heteroatoms. The number of thioether (sulfide) groups is 1. The first-order valence-corrected chi connectivity index (χ1v) is 15.5. The molecule has 2 aromatic heterocycles. The fourth-order valence-corrected chi connectivity index (χ4v) is 6.75. The molecule has 0 aliphatic carbocycles. The summed E-state index contributed by atoms with van der Waals surface area (Å²) < 4.78 is 2.10. The summed E-state index contributed by atoms with van der Waals surface area (Å²) in [5, 5.41) is 23.4. The van der Waals surface area contributed by atoms with E-state index in [1.54, 1.807) is 17.0 Å². The van der Waals surface area contributed by atoms with Crippen molar-refractivity contribution in [2.24, 2.45) is 4.99 Å². The molecule has 0 bridgehead atoms. The van der Waals surface area contributed by atoms with Gasteiger partial charge in [0.1, 0.15) is 0 Å². The molecule has 1 amide bonds. The van der Waals surface area contributed by atoms with Crippen molar-refractivity contribution in [2.45, 2.75) is 13.0 Å². The highest BCUT2D eigenvalue weighted by atomic mass is 32.2. The molecule has 1 aliphatic rings. The van der Waals surface area contributed by atoms with Gasteiger partial charge in [-0.3, -0.25) is 19.8 Å². The van der Waals surface area contributed by atoms with Gasteiger partial charge < -0.3 is 9.55 Å². The zero-order valence-corrected chi connectivity index (χ0v) is 25.3. The number of nitrogens with one attached hydrogen (secondary N) is 1. The Labute approximate surface area is 268 Å². The molecule has 1 N–H and O–H groups in total. The first kappa shape index (κ1) is 28.8. The van der Waals surface area contributed by atoms with Crippen molar-refractivity contribution in [1.82, 2.24) is 14.5 Å². The predicted molar refractivity (Wildman–Crippen MR) is 182 cm³/mol. The Hall–Kier alpha value is -5.92. The second kappa shape index (κ2) is 12.2. The molecule has 0 saturated carbocycles. The van der Waals surface area contributed by atoms with Crippen LogP contribution in [-0.2, 0) is 17.8 Å². The van der Waals surface area contributed by atoms with E-state index < -0.39 is 4.92 Å². The summed E-state index contributed by atoms with van der Waals surface area (Å²) in [5.41, 5.74) is 6.05. The summed E-state index contributed by atoms with van der Waals surface area (Å²) in [6.45, 7) is 0.918. The van der Waals surface area contributed by atoms with Gasteiger partial charge in [0.2, 0.25) is 0 Å². The molecule has 6 aromatic rings. The van der Waals surface area contributed by atoms with Crippen LogP contribution in [0.1, 0.15) is 22.3 Å². The molecule has 1 aliphatic heterocycles. The molecule has 224 valence electrons. The number of carbonyl (C=O) groups excluding carboxylic acids is 1. The summed E-state index contributed by atoms with van der Waals surface area (Å²) >= 11 is 1.29. The first-order valence-electron chi connectivity index (χ1n) is 14.6. The van der Waals surface area contributed by atoms with Gasteiger partial charge in [0.05, 0.1) is 27.1 Å². The maximum absolute atomic E-state index is 14.0. The Balaban J connectivity index is 1.24. The molecule has 1 fully saturated rings. The van der Waals surface area contributed by atoms with Crippen molar-refractivity contribution in [3.05, 3.63) is 147 Å². The number of aromatic amines is 1. The van der Waals surface area contributed by atoms with Crippen LogP contribution in [0.3, 0.4) is 0 Å². The zero-order valence-electron chi connectivity index (χ0n) is 24.5. The monoisotopic (exact) mass is 622 g/mol. The molecule has 0 unspecified atom stereocenters. The lowest BCUT2D eigenvalue weighted by atomic mass is 10.1. The maximum atomic E-state index is 14.0. The minimum absolute atomic E-state index is 0.0235. The molecule has 3 heterocycles. The summed E-state index contributed by atoms with van der Waals surface area (Å²) in [5.74, 6) is -0.155. The number of aliphatic imine (C=N–C) groups is 1. The second-order valence-electron chi connectivity index (χ2n) is 10.8. The Bertz CT molecular complexity index is 2240. The summed E-state index contributed by atoms with van der Waals surface area (Å²) in [6, 6.07) is 31.9. The average Bonchev–Trinajstić information content (AvgIpc) is 3.74. The van der Waals surface area contributed by atoms with Crippen LogP contribution < -0.4 is 0 Å². The van der Waals surface area contributed by atoms with Crippen LogP contribution in [0, 0.1) is 21.4 Å². The smallest absolute Gasteiger partial charge is 0.269 e. The Morgan fingerprint density at radius 3 is 2.48 bits per heavy atom. The Kier molecular flexibility index (Phi) is 7.66. The molecule has 4 aromatic carbocycles. The molecule has 7 rings (SSSR count). The van der Waals surface area contributed by atoms with Gasteiger partial charge in [-0.25, -0.2) is 4.99 Å². The molecule has 46 heavy (non-hydrogen) atoms. The normalized spacial score (nSPS) is 14.9. The van der Waals surface area contributed by atoms with E-state index in [0.29, 0.717) is 40.8 Å². The predicted octanol–water partition coefficient (Wildman–Crippen LogP) is 7.80. The van der Waals surface area contributed by atoms with Gasteiger partial charge in [0, 0.05) is 65.0 Å². The number of nitrogens with zero attached hydrogens (tertiary/aromatic N) is 5. The van der Waals surface area contributed by atoms with E-state index >= 15 is 0 Å². The van der Waals surface area contributed by atoms with E-state index in [2.05, 4.69) is 21.7 Å². The second-order valence-corrected chi connectivity index (χ2v) is 11.9. The number of para-hydroxylation sites is 2.